The molecule has 1 heterocycles. The maximum absolute atomic E-state index is 5.79. The highest BCUT2D eigenvalue weighted by molar-refractivity contribution is 5.86. The van der Waals surface area contributed by atoms with Gasteiger partial charge in [-0.25, -0.2) is 0 Å². The van der Waals surface area contributed by atoms with E-state index in [1.165, 1.54) is 16.6 Å². The van der Waals surface area contributed by atoms with Crippen molar-refractivity contribution in [1.82, 2.24) is 4.57 Å². The fourth-order valence-corrected chi connectivity index (χ4v) is 2.25. The molecule has 2 nitrogen and oxygen atoms in total. The average molecular weight is 248 g/mol. The molecule has 0 unspecified atom stereocenters. The lowest BCUT2D eigenvalue weighted by Gasteiger charge is -2.01. The molecule has 0 aliphatic rings. The first kappa shape index (κ1) is 11.6. The van der Waals surface area contributed by atoms with Gasteiger partial charge in [0.25, 0.3) is 0 Å². The normalized spacial score (nSPS) is 11.4. The lowest BCUT2D eigenvalue weighted by atomic mass is 10.1. The molecule has 3 aromatic rings. The average Bonchev–Trinajstić information content (AvgIpc) is 2.80. The van der Waals surface area contributed by atoms with E-state index in [4.69, 9.17) is 5.73 Å². The standard InChI is InChI=1S/C17H16N2/c1-13-4-2-3-5-14(13)8-10-19-11-9-15-12-16(18)6-7-17(15)19/h2-12H,18H2,1H3/b10-8+. The molecule has 0 amide bonds. The number of aromatic nitrogens is 1. The van der Waals surface area contributed by atoms with E-state index in [0.717, 1.165) is 11.1 Å². The predicted molar refractivity (Wildman–Crippen MR) is 82.8 cm³/mol. The molecule has 0 saturated heterocycles. The number of aryl methyl sites for hydroxylation is 1. The van der Waals surface area contributed by atoms with Crippen LogP contribution in [0.15, 0.2) is 54.7 Å². The zero-order valence-corrected chi connectivity index (χ0v) is 10.9. The molecule has 0 atom stereocenters. The van der Waals surface area contributed by atoms with Crippen molar-refractivity contribution in [2.24, 2.45) is 0 Å². The number of nitrogens with two attached hydrogens (primary N) is 1. The molecular weight excluding hydrogens is 232 g/mol. The van der Waals surface area contributed by atoms with Gasteiger partial charge in [0.15, 0.2) is 0 Å². The third-order valence-electron chi connectivity index (χ3n) is 3.35. The van der Waals surface area contributed by atoms with Gasteiger partial charge < -0.3 is 10.3 Å². The Labute approximate surface area is 112 Å². The van der Waals surface area contributed by atoms with Crippen LogP contribution in [0.2, 0.25) is 0 Å². The van der Waals surface area contributed by atoms with Crippen LogP contribution in [0.4, 0.5) is 5.69 Å². The summed E-state index contributed by atoms with van der Waals surface area (Å²) >= 11 is 0. The smallest absolute Gasteiger partial charge is 0.0523 e. The van der Waals surface area contributed by atoms with E-state index < -0.39 is 0 Å². The van der Waals surface area contributed by atoms with Crippen LogP contribution in [0.1, 0.15) is 11.1 Å². The molecule has 0 aliphatic carbocycles. The van der Waals surface area contributed by atoms with Crippen molar-refractivity contribution in [1.29, 1.82) is 0 Å². The number of nitrogen functional groups attached to an aromatic ring is 1. The Bertz CT molecular complexity index is 751. The Balaban J connectivity index is 2.00. The summed E-state index contributed by atoms with van der Waals surface area (Å²) in [6.07, 6.45) is 6.27. The monoisotopic (exact) mass is 248 g/mol. The van der Waals surface area contributed by atoms with Crippen molar-refractivity contribution in [3.8, 4) is 0 Å². The highest BCUT2D eigenvalue weighted by Gasteiger charge is 1.99. The summed E-state index contributed by atoms with van der Waals surface area (Å²) in [6, 6.07) is 16.4. The zero-order chi connectivity index (χ0) is 13.2. The molecule has 19 heavy (non-hydrogen) atoms. The second-order valence-corrected chi connectivity index (χ2v) is 4.71. The van der Waals surface area contributed by atoms with Gasteiger partial charge in [-0.1, -0.05) is 24.3 Å². The second kappa shape index (κ2) is 4.65. The Kier molecular flexibility index (Phi) is 2.84. The number of nitrogens with zero attached hydrogens (tertiary/aromatic N) is 1. The summed E-state index contributed by atoms with van der Waals surface area (Å²) in [6.45, 7) is 2.12. The molecule has 94 valence electrons. The van der Waals surface area contributed by atoms with Gasteiger partial charge in [0.05, 0.1) is 5.52 Å². The van der Waals surface area contributed by atoms with Gasteiger partial charge in [0.2, 0.25) is 0 Å². The zero-order valence-electron chi connectivity index (χ0n) is 10.9. The van der Waals surface area contributed by atoms with Gasteiger partial charge in [-0.15, -0.1) is 0 Å². The molecule has 0 bridgehead atoms. The van der Waals surface area contributed by atoms with Crippen molar-refractivity contribution in [3.63, 3.8) is 0 Å². The number of rotatable bonds is 2. The van der Waals surface area contributed by atoms with Crippen molar-refractivity contribution in [3.05, 3.63) is 65.9 Å². The molecule has 0 radical (unpaired) electrons. The molecule has 1 aromatic heterocycles. The van der Waals surface area contributed by atoms with E-state index in [2.05, 4.69) is 60.3 Å². The lowest BCUT2D eigenvalue weighted by molar-refractivity contribution is 1.23. The van der Waals surface area contributed by atoms with Gasteiger partial charge in [0.1, 0.15) is 0 Å². The molecule has 0 fully saturated rings. The van der Waals surface area contributed by atoms with E-state index in [0.29, 0.717) is 0 Å². The van der Waals surface area contributed by atoms with Gasteiger partial charge in [0, 0.05) is 23.5 Å². The summed E-state index contributed by atoms with van der Waals surface area (Å²) in [7, 11) is 0. The van der Waals surface area contributed by atoms with E-state index in [9.17, 15) is 0 Å². The number of hydrogen-bond acceptors (Lipinski definition) is 1. The maximum atomic E-state index is 5.79. The van der Waals surface area contributed by atoms with Crippen LogP contribution in [0.3, 0.4) is 0 Å². The molecule has 0 spiro atoms. The quantitative estimate of drug-likeness (QED) is 0.678. The molecule has 0 aliphatic heterocycles. The maximum Gasteiger partial charge on any atom is 0.0523 e. The fraction of sp³-hybridized carbons (Fsp3) is 0.0588. The largest absolute Gasteiger partial charge is 0.399 e. The van der Waals surface area contributed by atoms with Crippen molar-refractivity contribution in [2.75, 3.05) is 5.73 Å². The minimum absolute atomic E-state index is 0.799. The SMILES string of the molecule is Cc1ccccc1/C=C/n1ccc2cc(N)ccc21. The second-order valence-electron chi connectivity index (χ2n) is 4.71. The van der Waals surface area contributed by atoms with Crippen molar-refractivity contribution < 1.29 is 0 Å². The molecule has 2 heteroatoms. The minimum atomic E-state index is 0.799. The van der Waals surface area contributed by atoms with Crippen LogP contribution >= 0.6 is 0 Å². The topological polar surface area (TPSA) is 30.9 Å². The van der Waals surface area contributed by atoms with Crippen molar-refractivity contribution >= 4 is 28.9 Å². The highest BCUT2D eigenvalue weighted by Crippen LogP contribution is 2.20. The Hall–Kier alpha value is -2.48. The Morgan fingerprint density at radius 2 is 1.89 bits per heavy atom. The highest BCUT2D eigenvalue weighted by atomic mass is 14.9. The summed E-state index contributed by atoms with van der Waals surface area (Å²) in [4.78, 5) is 0. The van der Waals surface area contributed by atoms with Crippen LogP contribution in [0.5, 0.6) is 0 Å². The summed E-state index contributed by atoms with van der Waals surface area (Å²) < 4.78 is 2.11. The minimum Gasteiger partial charge on any atom is -0.399 e. The van der Waals surface area contributed by atoms with Gasteiger partial charge in [-0.3, -0.25) is 0 Å². The van der Waals surface area contributed by atoms with Crippen LogP contribution in [0.25, 0.3) is 23.2 Å². The number of anilines is 1. The summed E-state index contributed by atoms with van der Waals surface area (Å²) in [5.74, 6) is 0. The van der Waals surface area contributed by atoms with Gasteiger partial charge in [-0.05, 0) is 48.4 Å². The lowest BCUT2D eigenvalue weighted by Crippen LogP contribution is -1.86. The van der Waals surface area contributed by atoms with Crippen LogP contribution in [-0.4, -0.2) is 4.57 Å². The van der Waals surface area contributed by atoms with Crippen LogP contribution in [-0.2, 0) is 0 Å². The first-order valence-electron chi connectivity index (χ1n) is 6.34. The van der Waals surface area contributed by atoms with Gasteiger partial charge in [-0.2, -0.15) is 0 Å². The number of hydrogen-bond donors (Lipinski definition) is 1. The fourth-order valence-electron chi connectivity index (χ4n) is 2.25. The van der Waals surface area contributed by atoms with E-state index in [-0.39, 0.29) is 0 Å². The number of fused-ring (bicyclic) bond motifs is 1. The number of benzene rings is 2. The summed E-state index contributed by atoms with van der Waals surface area (Å²) in [5.41, 5.74) is 10.3. The van der Waals surface area contributed by atoms with Crippen LogP contribution < -0.4 is 5.73 Å². The first-order valence-corrected chi connectivity index (χ1v) is 6.34. The summed E-state index contributed by atoms with van der Waals surface area (Å²) in [5, 5.41) is 1.16. The van der Waals surface area contributed by atoms with Gasteiger partial charge >= 0.3 is 0 Å². The molecule has 2 aromatic carbocycles. The Morgan fingerprint density at radius 1 is 1.05 bits per heavy atom. The molecular formula is C17H16N2. The van der Waals surface area contributed by atoms with Crippen molar-refractivity contribution in [2.45, 2.75) is 6.92 Å². The third-order valence-corrected chi connectivity index (χ3v) is 3.35. The van der Waals surface area contributed by atoms with E-state index in [1.54, 1.807) is 0 Å². The Morgan fingerprint density at radius 3 is 2.74 bits per heavy atom. The molecule has 3 rings (SSSR count). The van der Waals surface area contributed by atoms with E-state index in [1.807, 2.05) is 18.2 Å². The predicted octanol–water partition coefficient (Wildman–Crippen LogP) is 4.16. The van der Waals surface area contributed by atoms with E-state index >= 15 is 0 Å². The molecule has 2 N–H and O–H groups in total. The van der Waals surface area contributed by atoms with Crippen LogP contribution in [0, 0.1) is 6.92 Å². The first-order chi connectivity index (χ1) is 9.24. The third kappa shape index (κ3) is 2.25. The molecule has 0 saturated carbocycles.